The molecular formula is C18H25ClN4O. The molecule has 0 N–H and O–H groups in total. The molecule has 0 aromatic carbocycles. The van der Waals surface area contributed by atoms with E-state index < -0.39 is 0 Å². The topological polar surface area (TPSA) is 39.7 Å². The highest BCUT2D eigenvalue weighted by Crippen LogP contribution is 2.31. The van der Waals surface area contributed by atoms with E-state index in [1.165, 1.54) is 12.8 Å². The van der Waals surface area contributed by atoms with Gasteiger partial charge in [-0.2, -0.15) is 0 Å². The molecule has 1 amide bonds. The van der Waals surface area contributed by atoms with Gasteiger partial charge in [0, 0.05) is 44.3 Å². The molecule has 1 aromatic heterocycles. The molecule has 130 valence electrons. The first-order valence-electron chi connectivity index (χ1n) is 9.10. The van der Waals surface area contributed by atoms with Gasteiger partial charge in [0.25, 0.3) is 0 Å². The number of halogens is 1. The first kappa shape index (κ1) is 16.2. The van der Waals surface area contributed by atoms with E-state index in [0.29, 0.717) is 10.9 Å². The van der Waals surface area contributed by atoms with E-state index in [1.807, 2.05) is 17.0 Å². The van der Waals surface area contributed by atoms with Crippen molar-refractivity contribution in [3.8, 4) is 0 Å². The number of amides is 1. The number of aromatic nitrogens is 1. The van der Waals surface area contributed by atoms with Gasteiger partial charge < -0.3 is 14.7 Å². The van der Waals surface area contributed by atoms with Crippen LogP contribution >= 0.6 is 11.6 Å². The summed E-state index contributed by atoms with van der Waals surface area (Å²) in [5.74, 6) is 1.42. The summed E-state index contributed by atoms with van der Waals surface area (Å²) in [5, 5.41) is 0.685. The highest BCUT2D eigenvalue weighted by molar-refractivity contribution is 6.32. The van der Waals surface area contributed by atoms with Crippen molar-refractivity contribution in [2.75, 3.05) is 44.2 Å². The number of hydrogen-bond donors (Lipinski definition) is 0. The second-order valence-electron chi connectivity index (χ2n) is 7.16. The van der Waals surface area contributed by atoms with Crippen LogP contribution in [0.5, 0.6) is 0 Å². The molecule has 0 radical (unpaired) electrons. The number of pyridine rings is 1. The number of hydrogen-bond acceptors (Lipinski definition) is 4. The Balaban J connectivity index is 1.29. The standard InChI is InChI=1S/C18H25ClN4O/c19-16-2-1-7-20-17(16)22-10-12-23(13-11-22)18(24)14-5-8-21(9-6-14)15-3-4-15/h1-2,7,14-15H,3-6,8-13H2. The molecular weight excluding hydrogens is 324 g/mol. The Morgan fingerprint density at radius 3 is 2.38 bits per heavy atom. The fraction of sp³-hybridized carbons (Fsp3) is 0.667. The molecule has 2 aliphatic heterocycles. The third-order valence-corrected chi connectivity index (χ3v) is 5.87. The minimum Gasteiger partial charge on any atom is -0.352 e. The van der Waals surface area contributed by atoms with Crippen LogP contribution in [0.25, 0.3) is 0 Å². The maximum atomic E-state index is 12.8. The molecule has 0 bridgehead atoms. The quantitative estimate of drug-likeness (QED) is 0.840. The summed E-state index contributed by atoms with van der Waals surface area (Å²) in [6.45, 7) is 5.37. The number of likely N-dealkylation sites (tertiary alicyclic amines) is 1. The van der Waals surface area contributed by atoms with Crippen LogP contribution in [0.2, 0.25) is 5.02 Å². The zero-order chi connectivity index (χ0) is 16.5. The van der Waals surface area contributed by atoms with Gasteiger partial charge in [-0.3, -0.25) is 4.79 Å². The monoisotopic (exact) mass is 348 g/mol. The van der Waals surface area contributed by atoms with Gasteiger partial charge in [-0.25, -0.2) is 4.98 Å². The van der Waals surface area contributed by atoms with Crippen LogP contribution in [0.3, 0.4) is 0 Å². The van der Waals surface area contributed by atoms with Gasteiger partial charge >= 0.3 is 0 Å². The van der Waals surface area contributed by atoms with Crippen molar-refractivity contribution in [1.29, 1.82) is 0 Å². The fourth-order valence-electron chi connectivity index (χ4n) is 3.96. The third kappa shape index (κ3) is 3.38. The number of carbonyl (C=O) groups is 1. The molecule has 5 nitrogen and oxygen atoms in total. The molecule has 6 heteroatoms. The van der Waals surface area contributed by atoms with Gasteiger partial charge in [0.2, 0.25) is 5.91 Å². The van der Waals surface area contributed by atoms with Crippen LogP contribution in [0.4, 0.5) is 5.82 Å². The van der Waals surface area contributed by atoms with E-state index in [4.69, 9.17) is 11.6 Å². The molecule has 1 aromatic rings. The van der Waals surface area contributed by atoms with E-state index in [0.717, 1.165) is 64.0 Å². The van der Waals surface area contributed by atoms with Crippen molar-refractivity contribution in [3.05, 3.63) is 23.4 Å². The lowest BCUT2D eigenvalue weighted by Crippen LogP contribution is -2.52. The lowest BCUT2D eigenvalue weighted by atomic mass is 9.95. The Kier molecular flexibility index (Phi) is 4.63. The Hall–Kier alpha value is -1.33. The summed E-state index contributed by atoms with van der Waals surface area (Å²) in [5.41, 5.74) is 0. The number of nitrogens with zero attached hydrogens (tertiary/aromatic N) is 4. The highest BCUT2D eigenvalue weighted by atomic mass is 35.5. The van der Waals surface area contributed by atoms with Crippen molar-refractivity contribution in [2.24, 2.45) is 5.92 Å². The molecule has 1 saturated carbocycles. The highest BCUT2D eigenvalue weighted by Gasteiger charge is 2.35. The SMILES string of the molecule is O=C(C1CCN(C2CC2)CC1)N1CCN(c2ncccc2Cl)CC1. The zero-order valence-electron chi connectivity index (χ0n) is 14.0. The maximum absolute atomic E-state index is 12.8. The largest absolute Gasteiger partial charge is 0.352 e. The van der Waals surface area contributed by atoms with Gasteiger partial charge in [-0.05, 0) is 50.9 Å². The zero-order valence-corrected chi connectivity index (χ0v) is 14.8. The smallest absolute Gasteiger partial charge is 0.225 e. The molecule has 3 fully saturated rings. The lowest BCUT2D eigenvalue weighted by Gasteiger charge is -2.39. The van der Waals surface area contributed by atoms with E-state index in [2.05, 4.69) is 14.8 Å². The summed E-state index contributed by atoms with van der Waals surface area (Å²) in [6, 6.07) is 4.54. The Bertz CT molecular complexity index is 590. The molecule has 1 aliphatic carbocycles. The summed E-state index contributed by atoms with van der Waals surface area (Å²) in [7, 11) is 0. The number of carbonyl (C=O) groups excluding carboxylic acids is 1. The number of piperazine rings is 1. The fourth-order valence-corrected chi connectivity index (χ4v) is 4.20. The molecule has 3 aliphatic rings. The summed E-state index contributed by atoms with van der Waals surface area (Å²) in [6.07, 6.45) is 6.54. The van der Waals surface area contributed by atoms with Crippen molar-refractivity contribution >= 4 is 23.3 Å². The van der Waals surface area contributed by atoms with E-state index >= 15 is 0 Å². The predicted octanol–water partition coefficient (Wildman–Crippen LogP) is 2.26. The molecule has 0 unspecified atom stereocenters. The number of rotatable bonds is 3. The number of piperidine rings is 1. The van der Waals surface area contributed by atoms with E-state index in [-0.39, 0.29) is 5.92 Å². The Labute approximate surface area is 148 Å². The average molecular weight is 349 g/mol. The van der Waals surface area contributed by atoms with Gasteiger partial charge in [-0.1, -0.05) is 11.6 Å². The first-order chi connectivity index (χ1) is 11.7. The molecule has 0 atom stereocenters. The normalized spacial score (nSPS) is 23.5. The summed E-state index contributed by atoms with van der Waals surface area (Å²) in [4.78, 5) is 24.0. The van der Waals surface area contributed by atoms with Crippen molar-refractivity contribution in [1.82, 2.24) is 14.8 Å². The van der Waals surface area contributed by atoms with Gasteiger partial charge in [0.1, 0.15) is 5.82 Å². The molecule has 0 spiro atoms. The van der Waals surface area contributed by atoms with Crippen molar-refractivity contribution in [3.63, 3.8) is 0 Å². The van der Waals surface area contributed by atoms with Gasteiger partial charge in [0.15, 0.2) is 0 Å². The third-order valence-electron chi connectivity index (χ3n) is 5.57. The van der Waals surface area contributed by atoms with Gasteiger partial charge in [-0.15, -0.1) is 0 Å². The maximum Gasteiger partial charge on any atom is 0.225 e. The van der Waals surface area contributed by atoms with Crippen LogP contribution in [-0.4, -0.2) is 66.0 Å². The minimum atomic E-state index is 0.227. The lowest BCUT2D eigenvalue weighted by molar-refractivity contribution is -0.137. The van der Waals surface area contributed by atoms with Crippen molar-refractivity contribution in [2.45, 2.75) is 31.7 Å². The van der Waals surface area contributed by atoms with Gasteiger partial charge in [0.05, 0.1) is 5.02 Å². The predicted molar refractivity (Wildman–Crippen MR) is 95.4 cm³/mol. The van der Waals surface area contributed by atoms with E-state index in [1.54, 1.807) is 6.20 Å². The summed E-state index contributed by atoms with van der Waals surface area (Å²) >= 11 is 6.23. The van der Waals surface area contributed by atoms with Crippen LogP contribution < -0.4 is 4.90 Å². The molecule has 2 saturated heterocycles. The Morgan fingerprint density at radius 2 is 1.75 bits per heavy atom. The van der Waals surface area contributed by atoms with Crippen LogP contribution in [0.15, 0.2) is 18.3 Å². The first-order valence-corrected chi connectivity index (χ1v) is 9.48. The van der Waals surface area contributed by atoms with Crippen LogP contribution in [-0.2, 0) is 4.79 Å². The summed E-state index contributed by atoms with van der Waals surface area (Å²) < 4.78 is 0. The van der Waals surface area contributed by atoms with E-state index in [9.17, 15) is 4.79 Å². The average Bonchev–Trinajstić information content (AvgIpc) is 3.47. The molecule has 24 heavy (non-hydrogen) atoms. The second-order valence-corrected chi connectivity index (χ2v) is 7.57. The Morgan fingerprint density at radius 1 is 1.04 bits per heavy atom. The van der Waals surface area contributed by atoms with Crippen molar-refractivity contribution < 1.29 is 4.79 Å². The number of anilines is 1. The minimum absolute atomic E-state index is 0.227. The van der Waals surface area contributed by atoms with Crippen LogP contribution in [0.1, 0.15) is 25.7 Å². The molecule has 3 heterocycles. The second kappa shape index (κ2) is 6.89. The van der Waals surface area contributed by atoms with Crippen LogP contribution in [0, 0.1) is 5.92 Å². The molecule has 4 rings (SSSR count).